The lowest BCUT2D eigenvalue weighted by atomic mass is 10.2. The van der Waals surface area contributed by atoms with Gasteiger partial charge in [-0.2, -0.15) is 0 Å². The molecule has 0 aliphatic carbocycles. The number of nitrogens with zero attached hydrogens (tertiary/aromatic N) is 3. The van der Waals surface area contributed by atoms with Crippen molar-refractivity contribution in [3.8, 4) is 0 Å². The topological polar surface area (TPSA) is 73.0 Å². The van der Waals surface area contributed by atoms with Gasteiger partial charge in [-0.25, -0.2) is 0 Å². The minimum atomic E-state index is -0.118. The Balaban J connectivity index is 1.38. The normalized spacial score (nSPS) is 18.0. The molecule has 1 aromatic rings. The third-order valence-electron chi connectivity index (χ3n) is 4.68. The SMILES string of the molecule is O=C(CN1CCN(C(=O)CCN2CCSC2=O)CC1)Nc1ccccc1Cl. The lowest BCUT2D eigenvalue weighted by Crippen LogP contribution is -2.50. The maximum atomic E-state index is 12.3. The van der Waals surface area contributed by atoms with Gasteiger partial charge in [-0.3, -0.25) is 19.3 Å². The highest BCUT2D eigenvalue weighted by atomic mass is 35.5. The van der Waals surface area contributed by atoms with E-state index in [9.17, 15) is 14.4 Å². The van der Waals surface area contributed by atoms with Crippen LogP contribution < -0.4 is 5.32 Å². The van der Waals surface area contributed by atoms with Crippen LogP contribution in [0, 0.1) is 0 Å². The molecule has 27 heavy (non-hydrogen) atoms. The third kappa shape index (κ3) is 5.60. The number of carbonyl (C=O) groups excluding carboxylic acids is 3. The molecule has 2 aliphatic rings. The van der Waals surface area contributed by atoms with Gasteiger partial charge in [0.05, 0.1) is 17.3 Å². The number of anilines is 1. The summed E-state index contributed by atoms with van der Waals surface area (Å²) in [6, 6.07) is 7.13. The summed E-state index contributed by atoms with van der Waals surface area (Å²) < 4.78 is 0. The quantitative estimate of drug-likeness (QED) is 0.776. The number of nitrogens with one attached hydrogen (secondary N) is 1. The Labute approximate surface area is 168 Å². The van der Waals surface area contributed by atoms with Crippen molar-refractivity contribution in [1.29, 1.82) is 0 Å². The zero-order valence-corrected chi connectivity index (χ0v) is 16.6. The van der Waals surface area contributed by atoms with E-state index in [1.54, 1.807) is 17.0 Å². The summed E-state index contributed by atoms with van der Waals surface area (Å²) >= 11 is 7.36. The molecule has 2 saturated heterocycles. The van der Waals surface area contributed by atoms with Crippen molar-refractivity contribution in [3.63, 3.8) is 0 Å². The van der Waals surface area contributed by atoms with Crippen LogP contribution in [0.5, 0.6) is 0 Å². The van der Waals surface area contributed by atoms with Gasteiger partial charge in [0.25, 0.3) is 5.24 Å². The highest BCUT2D eigenvalue weighted by Crippen LogP contribution is 2.20. The molecule has 7 nitrogen and oxygen atoms in total. The van der Waals surface area contributed by atoms with E-state index in [4.69, 9.17) is 11.6 Å². The maximum absolute atomic E-state index is 12.3. The number of thioether (sulfide) groups is 1. The molecule has 146 valence electrons. The Hall–Kier alpha value is -1.77. The fourth-order valence-electron chi connectivity index (χ4n) is 3.13. The molecule has 2 aliphatic heterocycles. The Morgan fingerprint density at radius 2 is 1.85 bits per heavy atom. The van der Waals surface area contributed by atoms with Crippen LogP contribution in [0.1, 0.15) is 6.42 Å². The zero-order chi connectivity index (χ0) is 19.2. The van der Waals surface area contributed by atoms with Crippen molar-refractivity contribution in [3.05, 3.63) is 29.3 Å². The van der Waals surface area contributed by atoms with Crippen LogP contribution in [0.25, 0.3) is 0 Å². The first-order chi connectivity index (χ1) is 13.0. The Kier molecular flexibility index (Phi) is 6.98. The summed E-state index contributed by atoms with van der Waals surface area (Å²) in [7, 11) is 0. The molecular weight excluding hydrogens is 388 g/mol. The first-order valence-corrected chi connectivity index (χ1v) is 10.4. The maximum Gasteiger partial charge on any atom is 0.281 e. The van der Waals surface area contributed by atoms with E-state index < -0.39 is 0 Å². The van der Waals surface area contributed by atoms with E-state index in [1.807, 2.05) is 21.9 Å². The van der Waals surface area contributed by atoms with E-state index in [1.165, 1.54) is 11.8 Å². The highest BCUT2D eigenvalue weighted by Gasteiger charge is 2.25. The van der Waals surface area contributed by atoms with Crippen LogP contribution in [0.15, 0.2) is 24.3 Å². The van der Waals surface area contributed by atoms with Crippen LogP contribution >= 0.6 is 23.4 Å². The molecule has 0 saturated carbocycles. The van der Waals surface area contributed by atoms with Crippen LogP contribution in [-0.4, -0.2) is 83.3 Å². The molecule has 3 amide bonds. The fraction of sp³-hybridized carbons (Fsp3) is 0.500. The first-order valence-electron chi connectivity index (χ1n) is 8.99. The number of hydrogen-bond acceptors (Lipinski definition) is 5. The Bertz CT molecular complexity index is 710. The lowest BCUT2D eigenvalue weighted by molar-refractivity contribution is -0.133. The van der Waals surface area contributed by atoms with Gasteiger partial charge in [0.1, 0.15) is 0 Å². The number of piperazine rings is 1. The second kappa shape index (κ2) is 9.43. The second-order valence-electron chi connectivity index (χ2n) is 6.54. The summed E-state index contributed by atoms with van der Waals surface area (Å²) in [6.07, 6.45) is 0.360. The van der Waals surface area contributed by atoms with E-state index >= 15 is 0 Å². The van der Waals surface area contributed by atoms with E-state index in [0.29, 0.717) is 49.9 Å². The van der Waals surface area contributed by atoms with E-state index in [-0.39, 0.29) is 23.6 Å². The molecule has 0 radical (unpaired) electrons. The number of benzene rings is 1. The molecule has 0 spiro atoms. The van der Waals surface area contributed by atoms with Crippen molar-refractivity contribution >= 4 is 46.1 Å². The molecule has 0 unspecified atom stereocenters. The van der Waals surface area contributed by atoms with Crippen molar-refractivity contribution in [1.82, 2.24) is 14.7 Å². The number of para-hydroxylation sites is 1. The number of halogens is 1. The summed E-state index contributed by atoms with van der Waals surface area (Å²) in [5, 5.41) is 3.39. The standard InChI is InChI=1S/C18H23ClN4O3S/c19-14-3-1-2-4-15(14)20-16(24)13-21-7-9-22(10-8-21)17(25)5-6-23-11-12-27-18(23)26/h1-4H,5-13H2,(H,20,24). The first kappa shape index (κ1) is 20.0. The van der Waals surface area contributed by atoms with Gasteiger partial charge < -0.3 is 15.1 Å². The molecule has 2 heterocycles. The minimum Gasteiger partial charge on any atom is -0.340 e. The molecular formula is C18H23ClN4O3S. The molecule has 3 rings (SSSR count). The molecule has 0 aromatic heterocycles. The Morgan fingerprint density at radius 3 is 2.52 bits per heavy atom. The predicted octanol–water partition coefficient (Wildman–Crippen LogP) is 1.98. The van der Waals surface area contributed by atoms with Crippen LogP contribution in [0.4, 0.5) is 10.5 Å². The van der Waals surface area contributed by atoms with Gasteiger partial charge in [0.15, 0.2) is 0 Å². The monoisotopic (exact) mass is 410 g/mol. The van der Waals surface area contributed by atoms with Crippen LogP contribution in [-0.2, 0) is 9.59 Å². The molecule has 9 heteroatoms. The smallest absolute Gasteiger partial charge is 0.281 e. The average Bonchev–Trinajstić information content (AvgIpc) is 3.07. The number of hydrogen-bond donors (Lipinski definition) is 1. The van der Waals surface area contributed by atoms with E-state index in [0.717, 1.165) is 12.3 Å². The molecule has 0 bridgehead atoms. The van der Waals surface area contributed by atoms with Crippen molar-refractivity contribution in [2.75, 3.05) is 56.9 Å². The summed E-state index contributed by atoms with van der Waals surface area (Å²) in [5.41, 5.74) is 0.604. The number of carbonyl (C=O) groups is 3. The van der Waals surface area contributed by atoms with Gasteiger partial charge in [0.2, 0.25) is 11.8 Å². The summed E-state index contributed by atoms with van der Waals surface area (Å²) in [4.78, 5) is 41.7. The largest absolute Gasteiger partial charge is 0.340 e. The van der Waals surface area contributed by atoms with Gasteiger partial charge in [-0.1, -0.05) is 35.5 Å². The van der Waals surface area contributed by atoms with Crippen molar-refractivity contribution < 1.29 is 14.4 Å². The zero-order valence-electron chi connectivity index (χ0n) is 15.0. The van der Waals surface area contributed by atoms with Crippen LogP contribution in [0.2, 0.25) is 5.02 Å². The fourth-order valence-corrected chi connectivity index (χ4v) is 4.16. The molecule has 1 N–H and O–H groups in total. The van der Waals surface area contributed by atoms with Gasteiger partial charge >= 0.3 is 0 Å². The van der Waals surface area contributed by atoms with Crippen LogP contribution in [0.3, 0.4) is 0 Å². The average molecular weight is 411 g/mol. The summed E-state index contributed by atoms with van der Waals surface area (Å²) in [5.74, 6) is 0.759. The summed E-state index contributed by atoms with van der Waals surface area (Å²) in [6.45, 7) is 3.99. The molecule has 1 aromatic carbocycles. The number of rotatable bonds is 6. The third-order valence-corrected chi connectivity index (χ3v) is 5.90. The second-order valence-corrected chi connectivity index (χ2v) is 7.99. The van der Waals surface area contributed by atoms with Gasteiger partial charge in [0, 0.05) is 51.4 Å². The predicted molar refractivity (Wildman–Crippen MR) is 107 cm³/mol. The molecule has 2 fully saturated rings. The Morgan fingerprint density at radius 1 is 1.11 bits per heavy atom. The highest BCUT2D eigenvalue weighted by molar-refractivity contribution is 8.13. The molecule has 0 atom stereocenters. The van der Waals surface area contributed by atoms with E-state index in [2.05, 4.69) is 5.32 Å². The van der Waals surface area contributed by atoms with Crippen molar-refractivity contribution in [2.24, 2.45) is 0 Å². The van der Waals surface area contributed by atoms with Crippen molar-refractivity contribution in [2.45, 2.75) is 6.42 Å². The lowest BCUT2D eigenvalue weighted by Gasteiger charge is -2.34. The van der Waals surface area contributed by atoms with Gasteiger partial charge in [-0.05, 0) is 12.1 Å². The van der Waals surface area contributed by atoms with Gasteiger partial charge in [-0.15, -0.1) is 0 Å². The minimum absolute atomic E-state index is 0.0668. The number of amides is 3.